The van der Waals surface area contributed by atoms with Crippen LogP contribution in [0.25, 0.3) is 11.3 Å². The Bertz CT molecular complexity index is 518. The number of nitrogens with one attached hydrogen (secondary N) is 1. The Morgan fingerprint density at radius 2 is 1.69 bits per heavy atom. The highest BCUT2D eigenvalue weighted by Gasteiger charge is 2.09. The van der Waals surface area contributed by atoms with Crippen molar-refractivity contribution >= 4 is 11.5 Å². The molecule has 5 nitrogen and oxygen atoms in total. The van der Waals surface area contributed by atoms with E-state index in [0.29, 0.717) is 17.1 Å². The van der Waals surface area contributed by atoms with Crippen LogP contribution in [0.5, 0.6) is 0 Å². The fraction of sp³-hybridized carbons (Fsp3) is 0. The van der Waals surface area contributed by atoms with Gasteiger partial charge in [-0.25, -0.2) is 4.98 Å². The molecule has 2 aromatic rings. The molecule has 0 saturated heterocycles. The number of nitrogens with two attached hydrogens (primary N) is 2. The van der Waals surface area contributed by atoms with Crippen LogP contribution in [0.2, 0.25) is 0 Å². The van der Waals surface area contributed by atoms with Gasteiger partial charge in [-0.2, -0.15) is 0 Å². The number of anilines is 1. The average Bonchev–Trinajstić information content (AvgIpc) is 2.30. The lowest BCUT2D eigenvalue weighted by Crippen LogP contribution is -2.15. The van der Waals surface area contributed by atoms with Crippen molar-refractivity contribution in [1.82, 2.24) is 9.97 Å². The summed E-state index contributed by atoms with van der Waals surface area (Å²) in [7, 11) is 0. The van der Waals surface area contributed by atoms with Crippen molar-refractivity contribution < 1.29 is 0 Å². The Morgan fingerprint density at radius 3 is 2.31 bits per heavy atom. The molecule has 0 atom stereocenters. The smallest absolute Gasteiger partial charge is 0.144 e. The van der Waals surface area contributed by atoms with E-state index in [4.69, 9.17) is 16.9 Å². The number of benzene rings is 1. The lowest BCUT2D eigenvalue weighted by Gasteiger charge is -2.05. The van der Waals surface area contributed by atoms with Crippen LogP contribution in [-0.4, -0.2) is 15.8 Å². The van der Waals surface area contributed by atoms with Crippen molar-refractivity contribution in [2.45, 2.75) is 0 Å². The van der Waals surface area contributed by atoms with Gasteiger partial charge in [0.1, 0.15) is 11.5 Å². The second-order valence-corrected chi connectivity index (χ2v) is 3.29. The molecule has 0 aliphatic carbocycles. The number of rotatable bonds is 2. The van der Waals surface area contributed by atoms with Gasteiger partial charge in [0.25, 0.3) is 0 Å². The molecule has 16 heavy (non-hydrogen) atoms. The number of nitrogens with zero attached hydrogens (tertiary/aromatic N) is 2. The van der Waals surface area contributed by atoms with Crippen molar-refractivity contribution in [3.8, 4) is 11.3 Å². The Kier molecular flexibility index (Phi) is 2.51. The van der Waals surface area contributed by atoms with Crippen molar-refractivity contribution in [3.63, 3.8) is 0 Å². The van der Waals surface area contributed by atoms with Crippen molar-refractivity contribution in [2.75, 3.05) is 5.73 Å². The summed E-state index contributed by atoms with van der Waals surface area (Å²) in [5, 5.41) is 7.42. The summed E-state index contributed by atoms with van der Waals surface area (Å²) in [6.07, 6.45) is 3.08. The molecule has 0 spiro atoms. The van der Waals surface area contributed by atoms with E-state index < -0.39 is 0 Å². The highest BCUT2D eigenvalue weighted by molar-refractivity contribution is 5.98. The second-order valence-electron chi connectivity index (χ2n) is 3.29. The molecule has 0 fully saturated rings. The molecule has 0 bridgehead atoms. The lowest BCUT2D eigenvalue weighted by molar-refractivity contribution is 1.17. The fourth-order valence-electron chi connectivity index (χ4n) is 1.39. The quantitative estimate of drug-likeness (QED) is 0.393. The first-order chi connectivity index (χ1) is 7.68. The Balaban J connectivity index is 2.55. The Labute approximate surface area is 92.7 Å². The molecule has 1 aromatic heterocycles. The van der Waals surface area contributed by atoms with Gasteiger partial charge in [0.15, 0.2) is 0 Å². The van der Waals surface area contributed by atoms with Gasteiger partial charge < -0.3 is 11.5 Å². The first-order valence-corrected chi connectivity index (χ1v) is 4.70. The van der Waals surface area contributed by atoms with E-state index in [1.165, 1.54) is 6.20 Å². The first-order valence-electron chi connectivity index (χ1n) is 4.70. The minimum atomic E-state index is -0.0973. The van der Waals surface area contributed by atoms with E-state index in [1.54, 1.807) is 18.3 Å². The highest BCUT2D eigenvalue weighted by Crippen LogP contribution is 2.20. The van der Waals surface area contributed by atoms with Crippen molar-refractivity contribution in [2.24, 2.45) is 5.73 Å². The predicted octanol–water partition coefficient (Wildman–Crippen LogP) is 1.01. The molecular formula is C11H11N5. The summed E-state index contributed by atoms with van der Waals surface area (Å²) < 4.78 is 0. The number of amidine groups is 1. The maximum Gasteiger partial charge on any atom is 0.144 e. The largest absolute Gasteiger partial charge is 0.399 e. The fourth-order valence-corrected chi connectivity index (χ4v) is 1.39. The second kappa shape index (κ2) is 3.98. The van der Waals surface area contributed by atoms with Crippen molar-refractivity contribution in [1.29, 1.82) is 5.41 Å². The van der Waals surface area contributed by atoms with Gasteiger partial charge in [0.05, 0.1) is 5.69 Å². The van der Waals surface area contributed by atoms with Crippen LogP contribution < -0.4 is 11.5 Å². The third kappa shape index (κ3) is 1.83. The Morgan fingerprint density at radius 1 is 1.06 bits per heavy atom. The topological polar surface area (TPSA) is 102 Å². The zero-order chi connectivity index (χ0) is 11.5. The molecule has 0 radical (unpaired) electrons. The van der Waals surface area contributed by atoms with Gasteiger partial charge in [-0.15, -0.1) is 0 Å². The number of nitrogen functional groups attached to an aromatic ring is 2. The van der Waals surface area contributed by atoms with Crippen LogP contribution in [0.3, 0.4) is 0 Å². The summed E-state index contributed by atoms with van der Waals surface area (Å²) in [5.41, 5.74) is 13.5. The van der Waals surface area contributed by atoms with Crippen LogP contribution >= 0.6 is 0 Å². The lowest BCUT2D eigenvalue weighted by atomic mass is 10.1. The van der Waals surface area contributed by atoms with Gasteiger partial charge in [0.2, 0.25) is 0 Å². The van der Waals surface area contributed by atoms with Crippen LogP contribution in [-0.2, 0) is 0 Å². The molecule has 80 valence electrons. The zero-order valence-electron chi connectivity index (χ0n) is 8.51. The SMILES string of the molecule is N=C(N)c1nccnc1-c1ccc(N)cc1. The van der Waals surface area contributed by atoms with Crippen LogP contribution in [0, 0.1) is 5.41 Å². The van der Waals surface area contributed by atoms with Crippen LogP contribution in [0.1, 0.15) is 5.69 Å². The molecule has 0 saturated carbocycles. The molecule has 2 rings (SSSR count). The van der Waals surface area contributed by atoms with Gasteiger partial charge in [0, 0.05) is 23.6 Å². The maximum atomic E-state index is 7.42. The van der Waals surface area contributed by atoms with E-state index in [-0.39, 0.29) is 5.84 Å². The van der Waals surface area contributed by atoms with Crippen LogP contribution in [0.4, 0.5) is 5.69 Å². The van der Waals surface area contributed by atoms with Gasteiger partial charge in [-0.1, -0.05) is 12.1 Å². The normalized spacial score (nSPS) is 10.0. The molecule has 1 heterocycles. The number of hydrogen-bond donors (Lipinski definition) is 3. The third-order valence-corrected chi connectivity index (χ3v) is 2.14. The van der Waals surface area contributed by atoms with E-state index in [9.17, 15) is 0 Å². The van der Waals surface area contributed by atoms with Gasteiger partial charge in [-0.05, 0) is 12.1 Å². The summed E-state index contributed by atoms with van der Waals surface area (Å²) in [6, 6.07) is 7.19. The molecule has 0 amide bonds. The molecule has 1 aromatic carbocycles. The molecular weight excluding hydrogens is 202 g/mol. The van der Waals surface area contributed by atoms with E-state index >= 15 is 0 Å². The Hall–Kier alpha value is -2.43. The van der Waals surface area contributed by atoms with E-state index in [1.807, 2.05) is 12.1 Å². The molecule has 0 aliphatic rings. The minimum absolute atomic E-state index is 0.0973. The minimum Gasteiger partial charge on any atom is -0.399 e. The molecule has 5 heteroatoms. The van der Waals surface area contributed by atoms with E-state index in [2.05, 4.69) is 9.97 Å². The average molecular weight is 213 g/mol. The predicted molar refractivity (Wildman–Crippen MR) is 62.9 cm³/mol. The van der Waals surface area contributed by atoms with Gasteiger partial charge in [-0.3, -0.25) is 10.4 Å². The zero-order valence-corrected chi connectivity index (χ0v) is 8.51. The summed E-state index contributed by atoms with van der Waals surface area (Å²) in [6.45, 7) is 0. The molecule has 0 aliphatic heterocycles. The van der Waals surface area contributed by atoms with Crippen LogP contribution in [0.15, 0.2) is 36.7 Å². The third-order valence-electron chi connectivity index (χ3n) is 2.14. The highest BCUT2D eigenvalue weighted by atomic mass is 14.9. The molecule has 0 unspecified atom stereocenters. The summed E-state index contributed by atoms with van der Waals surface area (Å²) >= 11 is 0. The monoisotopic (exact) mass is 213 g/mol. The summed E-state index contributed by atoms with van der Waals surface area (Å²) in [5.74, 6) is -0.0973. The number of aromatic nitrogens is 2. The first kappa shape index (κ1) is 10.1. The number of hydrogen-bond acceptors (Lipinski definition) is 4. The standard InChI is InChI=1S/C11H11N5/c12-8-3-1-7(2-4-8)9-10(11(13)14)16-6-5-15-9/h1-6H,12H2,(H3,13,14). The van der Waals surface area contributed by atoms with Gasteiger partial charge >= 0.3 is 0 Å². The summed E-state index contributed by atoms with van der Waals surface area (Å²) in [4.78, 5) is 8.21. The molecule has 5 N–H and O–H groups in total. The van der Waals surface area contributed by atoms with Crippen molar-refractivity contribution in [3.05, 3.63) is 42.4 Å². The van der Waals surface area contributed by atoms with E-state index in [0.717, 1.165) is 5.56 Å². The maximum absolute atomic E-state index is 7.42.